The summed E-state index contributed by atoms with van der Waals surface area (Å²) in [6.07, 6.45) is 2.12. The van der Waals surface area contributed by atoms with E-state index in [1.807, 2.05) is 0 Å². The Morgan fingerprint density at radius 3 is 3.19 bits per heavy atom. The van der Waals surface area contributed by atoms with Crippen LogP contribution in [0.1, 0.15) is 35.8 Å². The number of nitrogens with one attached hydrogen (secondary N) is 1. The monoisotopic (exact) mass is 238 g/mol. The lowest BCUT2D eigenvalue weighted by molar-refractivity contribution is 0.0779. The van der Waals surface area contributed by atoms with Gasteiger partial charge in [-0.25, -0.2) is 4.98 Å². The van der Waals surface area contributed by atoms with Gasteiger partial charge in [-0.05, 0) is 12.8 Å². The standard InChI is InChI=1S/C11H14N2O2S/c14-11-8-5-16-6-9(8)12-10(13-11)7-2-1-3-15-4-7/h7H,1-6H2,(H,12,13,14). The first-order valence-corrected chi connectivity index (χ1v) is 6.77. The van der Waals surface area contributed by atoms with Crippen molar-refractivity contribution in [1.82, 2.24) is 9.97 Å². The third-order valence-corrected chi connectivity index (χ3v) is 4.12. The van der Waals surface area contributed by atoms with E-state index in [9.17, 15) is 4.79 Å². The fourth-order valence-corrected chi connectivity index (χ4v) is 3.27. The Hall–Kier alpha value is -0.810. The van der Waals surface area contributed by atoms with Crippen LogP contribution in [0.4, 0.5) is 0 Å². The van der Waals surface area contributed by atoms with Gasteiger partial charge < -0.3 is 9.72 Å². The van der Waals surface area contributed by atoms with E-state index in [1.165, 1.54) is 0 Å². The molecule has 2 aliphatic rings. The first kappa shape index (κ1) is 10.4. The molecule has 0 bridgehead atoms. The Morgan fingerprint density at radius 2 is 2.38 bits per heavy atom. The maximum absolute atomic E-state index is 11.8. The number of hydrogen-bond acceptors (Lipinski definition) is 4. The summed E-state index contributed by atoms with van der Waals surface area (Å²) in [4.78, 5) is 19.3. The molecule has 0 radical (unpaired) electrons. The Balaban J connectivity index is 1.96. The van der Waals surface area contributed by atoms with Gasteiger partial charge in [0.1, 0.15) is 5.82 Å². The average Bonchev–Trinajstić information content (AvgIpc) is 2.79. The quantitative estimate of drug-likeness (QED) is 0.803. The maximum atomic E-state index is 11.8. The summed E-state index contributed by atoms with van der Waals surface area (Å²) in [5.74, 6) is 2.78. The van der Waals surface area contributed by atoms with Crippen LogP contribution in [-0.4, -0.2) is 23.2 Å². The van der Waals surface area contributed by atoms with E-state index in [4.69, 9.17) is 4.74 Å². The van der Waals surface area contributed by atoms with Crippen LogP contribution in [0.5, 0.6) is 0 Å². The Morgan fingerprint density at radius 1 is 1.44 bits per heavy atom. The molecular formula is C11H14N2O2S. The summed E-state index contributed by atoms with van der Waals surface area (Å²) < 4.78 is 5.43. The number of fused-ring (bicyclic) bond motifs is 1. The van der Waals surface area contributed by atoms with Crippen molar-refractivity contribution < 1.29 is 4.74 Å². The van der Waals surface area contributed by atoms with Crippen LogP contribution < -0.4 is 5.56 Å². The zero-order valence-electron chi connectivity index (χ0n) is 8.99. The van der Waals surface area contributed by atoms with Gasteiger partial charge in [-0.15, -0.1) is 0 Å². The highest BCUT2D eigenvalue weighted by atomic mass is 32.2. The minimum Gasteiger partial charge on any atom is -0.381 e. The van der Waals surface area contributed by atoms with E-state index >= 15 is 0 Å². The van der Waals surface area contributed by atoms with E-state index in [2.05, 4.69) is 9.97 Å². The highest BCUT2D eigenvalue weighted by Crippen LogP contribution is 2.28. The molecule has 1 aromatic rings. The van der Waals surface area contributed by atoms with Gasteiger partial charge >= 0.3 is 0 Å². The van der Waals surface area contributed by atoms with Crippen molar-refractivity contribution >= 4 is 11.8 Å². The van der Waals surface area contributed by atoms with Gasteiger partial charge in [0.25, 0.3) is 5.56 Å². The number of hydrogen-bond donors (Lipinski definition) is 1. The molecule has 1 aromatic heterocycles. The van der Waals surface area contributed by atoms with E-state index in [0.29, 0.717) is 6.61 Å². The number of thioether (sulfide) groups is 1. The first-order valence-electron chi connectivity index (χ1n) is 5.62. The van der Waals surface area contributed by atoms with Crippen LogP contribution >= 0.6 is 11.8 Å². The van der Waals surface area contributed by atoms with E-state index in [0.717, 1.165) is 48.0 Å². The fourth-order valence-electron chi connectivity index (χ4n) is 2.23. The molecule has 0 aliphatic carbocycles. The summed E-state index contributed by atoms with van der Waals surface area (Å²) in [7, 11) is 0. The molecule has 4 nitrogen and oxygen atoms in total. The number of rotatable bonds is 1. The average molecular weight is 238 g/mol. The van der Waals surface area contributed by atoms with Gasteiger partial charge in [-0.1, -0.05) is 0 Å². The van der Waals surface area contributed by atoms with Crippen molar-refractivity contribution in [3.63, 3.8) is 0 Å². The Kier molecular flexibility index (Phi) is 2.73. The third-order valence-electron chi connectivity index (χ3n) is 3.15. The molecule has 3 rings (SSSR count). The highest BCUT2D eigenvalue weighted by Gasteiger charge is 2.23. The molecule has 2 aliphatic heterocycles. The van der Waals surface area contributed by atoms with Gasteiger partial charge in [0.2, 0.25) is 0 Å². The first-order chi connectivity index (χ1) is 7.84. The van der Waals surface area contributed by atoms with Crippen molar-refractivity contribution in [2.75, 3.05) is 13.2 Å². The number of ether oxygens (including phenoxy) is 1. The maximum Gasteiger partial charge on any atom is 0.255 e. The highest BCUT2D eigenvalue weighted by molar-refractivity contribution is 7.98. The number of aromatic nitrogens is 2. The van der Waals surface area contributed by atoms with E-state index in [1.54, 1.807) is 11.8 Å². The molecule has 0 saturated carbocycles. The van der Waals surface area contributed by atoms with Crippen LogP contribution in [0.25, 0.3) is 0 Å². The second-order valence-corrected chi connectivity index (χ2v) is 5.27. The van der Waals surface area contributed by atoms with Gasteiger partial charge in [-0.3, -0.25) is 4.79 Å². The van der Waals surface area contributed by atoms with Crippen LogP contribution in [0.15, 0.2) is 4.79 Å². The summed E-state index contributed by atoms with van der Waals surface area (Å²) in [6, 6.07) is 0. The van der Waals surface area contributed by atoms with Crippen molar-refractivity contribution in [3.05, 3.63) is 27.4 Å². The lowest BCUT2D eigenvalue weighted by Crippen LogP contribution is -2.23. The molecule has 16 heavy (non-hydrogen) atoms. The van der Waals surface area contributed by atoms with Gasteiger partial charge in [-0.2, -0.15) is 11.8 Å². The number of nitrogens with zero attached hydrogens (tertiary/aromatic N) is 1. The summed E-state index contributed by atoms with van der Waals surface area (Å²) in [5.41, 5.74) is 1.90. The minimum atomic E-state index is 0.0515. The van der Waals surface area contributed by atoms with Gasteiger partial charge in [0.05, 0.1) is 12.3 Å². The second kappa shape index (κ2) is 4.22. The molecule has 5 heteroatoms. The van der Waals surface area contributed by atoms with Crippen LogP contribution in [0.2, 0.25) is 0 Å². The molecule has 1 fully saturated rings. The molecule has 1 N–H and O–H groups in total. The lowest BCUT2D eigenvalue weighted by atomic mass is 10.0. The minimum absolute atomic E-state index is 0.0515. The number of H-pyrrole nitrogens is 1. The molecule has 1 unspecified atom stereocenters. The zero-order chi connectivity index (χ0) is 11.0. The van der Waals surface area contributed by atoms with Crippen LogP contribution in [0.3, 0.4) is 0 Å². The van der Waals surface area contributed by atoms with Gasteiger partial charge in [0.15, 0.2) is 0 Å². The van der Waals surface area contributed by atoms with Gasteiger partial charge in [0, 0.05) is 29.6 Å². The smallest absolute Gasteiger partial charge is 0.255 e. The normalized spacial score (nSPS) is 24.4. The van der Waals surface area contributed by atoms with Crippen LogP contribution in [-0.2, 0) is 16.2 Å². The van der Waals surface area contributed by atoms with Crippen molar-refractivity contribution in [1.29, 1.82) is 0 Å². The third kappa shape index (κ3) is 1.78. The molecule has 3 heterocycles. The molecule has 86 valence electrons. The van der Waals surface area contributed by atoms with E-state index in [-0.39, 0.29) is 11.5 Å². The summed E-state index contributed by atoms with van der Waals surface area (Å²) >= 11 is 1.76. The Bertz CT molecular complexity index is 452. The lowest BCUT2D eigenvalue weighted by Gasteiger charge is -2.21. The summed E-state index contributed by atoms with van der Waals surface area (Å²) in [6.45, 7) is 1.52. The molecule has 0 amide bonds. The largest absolute Gasteiger partial charge is 0.381 e. The fraction of sp³-hybridized carbons (Fsp3) is 0.636. The second-order valence-electron chi connectivity index (χ2n) is 4.28. The van der Waals surface area contributed by atoms with E-state index < -0.39 is 0 Å². The molecule has 1 atom stereocenters. The molecule has 0 spiro atoms. The van der Waals surface area contributed by atoms with Crippen LogP contribution in [0, 0.1) is 0 Å². The summed E-state index contributed by atoms with van der Waals surface area (Å²) in [5, 5.41) is 0. The van der Waals surface area contributed by atoms with Crippen molar-refractivity contribution in [2.45, 2.75) is 30.3 Å². The topological polar surface area (TPSA) is 55.0 Å². The predicted molar refractivity (Wildman–Crippen MR) is 62.7 cm³/mol. The molecule has 0 aromatic carbocycles. The number of aromatic amines is 1. The molecular weight excluding hydrogens is 224 g/mol. The molecule has 1 saturated heterocycles. The predicted octanol–water partition coefficient (Wildman–Crippen LogP) is 1.41. The van der Waals surface area contributed by atoms with Crippen molar-refractivity contribution in [2.24, 2.45) is 0 Å². The Labute approximate surface area is 97.8 Å². The zero-order valence-corrected chi connectivity index (χ0v) is 9.81. The SMILES string of the molecule is O=c1[nH]c(C2CCCOC2)nc2c1CSC2. The van der Waals surface area contributed by atoms with Crippen molar-refractivity contribution in [3.8, 4) is 0 Å².